The number of nitrogens with one attached hydrogen (secondary N) is 2. The Kier molecular flexibility index (Phi) is 5.73. The number of nitrogens with zero attached hydrogens (tertiary/aromatic N) is 1. The Hall–Kier alpha value is -2.49. The summed E-state index contributed by atoms with van der Waals surface area (Å²) in [5.41, 5.74) is 0.929. The molecular formula is C17H13ClFN3O3S2. The van der Waals surface area contributed by atoms with Gasteiger partial charge in [-0.25, -0.2) is 17.8 Å². The molecular weight excluding hydrogens is 413 g/mol. The molecule has 0 aliphatic heterocycles. The lowest BCUT2D eigenvalue weighted by Crippen LogP contribution is -2.23. The first-order valence-corrected chi connectivity index (χ1v) is 10.3. The molecule has 140 valence electrons. The molecule has 1 amide bonds. The van der Waals surface area contributed by atoms with Gasteiger partial charge < -0.3 is 5.32 Å². The topological polar surface area (TPSA) is 88.2 Å². The predicted octanol–water partition coefficient (Wildman–Crippen LogP) is 3.67. The standard InChI is InChI=1S/C17H13ClFN3O3S2/c18-14-9-11(1-6-15(14)19)10-21-16(23)12-2-4-13(5-3-12)27(24,25)22-17-20-7-8-26-17/h1-9H,10H2,(H,20,22)(H,21,23). The lowest BCUT2D eigenvalue weighted by atomic mass is 10.2. The van der Waals surface area contributed by atoms with E-state index in [0.29, 0.717) is 5.56 Å². The minimum absolute atomic E-state index is 0.0135. The van der Waals surface area contributed by atoms with Crippen molar-refractivity contribution < 1.29 is 17.6 Å². The fourth-order valence-corrected chi connectivity index (χ4v) is 4.16. The fraction of sp³-hybridized carbons (Fsp3) is 0.0588. The average Bonchev–Trinajstić information content (AvgIpc) is 3.15. The maximum atomic E-state index is 13.1. The molecule has 0 saturated heterocycles. The second kappa shape index (κ2) is 8.03. The van der Waals surface area contributed by atoms with Gasteiger partial charge in [-0.05, 0) is 42.0 Å². The molecule has 0 fully saturated rings. The molecule has 1 heterocycles. The van der Waals surface area contributed by atoms with Crippen LogP contribution in [0.15, 0.2) is 58.9 Å². The molecule has 0 atom stereocenters. The van der Waals surface area contributed by atoms with Crippen molar-refractivity contribution in [3.63, 3.8) is 0 Å². The second-order valence-electron chi connectivity index (χ2n) is 5.40. The first-order chi connectivity index (χ1) is 12.8. The second-order valence-corrected chi connectivity index (χ2v) is 8.38. The van der Waals surface area contributed by atoms with Gasteiger partial charge in [-0.1, -0.05) is 17.7 Å². The molecule has 3 rings (SSSR count). The zero-order chi connectivity index (χ0) is 19.4. The van der Waals surface area contributed by atoms with E-state index in [2.05, 4.69) is 15.0 Å². The van der Waals surface area contributed by atoms with Crippen LogP contribution in [0.25, 0.3) is 0 Å². The van der Waals surface area contributed by atoms with E-state index in [-0.39, 0.29) is 27.2 Å². The van der Waals surface area contributed by atoms with Crippen LogP contribution in [-0.4, -0.2) is 19.3 Å². The van der Waals surface area contributed by atoms with Gasteiger partial charge in [0.15, 0.2) is 5.13 Å². The van der Waals surface area contributed by atoms with Crippen LogP contribution in [0, 0.1) is 5.82 Å². The minimum atomic E-state index is -3.77. The van der Waals surface area contributed by atoms with Gasteiger partial charge in [-0.2, -0.15) is 0 Å². The Bertz CT molecular complexity index is 1060. The van der Waals surface area contributed by atoms with Crippen LogP contribution in [0.5, 0.6) is 0 Å². The van der Waals surface area contributed by atoms with Gasteiger partial charge in [0.05, 0.1) is 9.92 Å². The number of amides is 1. The van der Waals surface area contributed by atoms with Crippen molar-refractivity contribution in [2.45, 2.75) is 11.4 Å². The van der Waals surface area contributed by atoms with Crippen LogP contribution < -0.4 is 10.0 Å². The smallest absolute Gasteiger partial charge is 0.263 e. The molecule has 0 saturated carbocycles. The number of hydrogen-bond acceptors (Lipinski definition) is 5. The van der Waals surface area contributed by atoms with Crippen molar-refractivity contribution in [3.8, 4) is 0 Å². The molecule has 0 bridgehead atoms. The molecule has 6 nitrogen and oxygen atoms in total. The number of sulfonamides is 1. The molecule has 10 heteroatoms. The maximum absolute atomic E-state index is 13.1. The number of anilines is 1. The van der Waals surface area contributed by atoms with Crippen LogP contribution in [-0.2, 0) is 16.6 Å². The van der Waals surface area contributed by atoms with E-state index < -0.39 is 21.7 Å². The highest BCUT2D eigenvalue weighted by molar-refractivity contribution is 7.93. The van der Waals surface area contributed by atoms with Crippen molar-refractivity contribution >= 4 is 44.0 Å². The van der Waals surface area contributed by atoms with E-state index >= 15 is 0 Å². The molecule has 0 aliphatic carbocycles. The summed E-state index contributed by atoms with van der Waals surface area (Å²) in [4.78, 5) is 16.1. The molecule has 1 aromatic heterocycles. The minimum Gasteiger partial charge on any atom is -0.348 e. The summed E-state index contributed by atoms with van der Waals surface area (Å²) < 4.78 is 40.0. The largest absolute Gasteiger partial charge is 0.348 e. The van der Waals surface area contributed by atoms with Gasteiger partial charge in [0, 0.05) is 23.7 Å². The van der Waals surface area contributed by atoms with Gasteiger partial charge >= 0.3 is 0 Å². The van der Waals surface area contributed by atoms with E-state index in [0.717, 1.165) is 11.3 Å². The van der Waals surface area contributed by atoms with Crippen molar-refractivity contribution in [2.24, 2.45) is 0 Å². The molecule has 27 heavy (non-hydrogen) atoms. The Morgan fingerprint density at radius 1 is 1.19 bits per heavy atom. The monoisotopic (exact) mass is 425 g/mol. The molecule has 2 N–H and O–H groups in total. The number of rotatable bonds is 6. The van der Waals surface area contributed by atoms with E-state index in [4.69, 9.17) is 11.6 Å². The summed E-state index contributed by atoms with van der Waals surface area (Å²) in [6.45, 7) is 0.157. The van der Waals surface area contributed by atoms with E-state index in [1.54, 1.807) is 5.38 Å². The molecule has 0 unspecified atom stereocenters. The van der Waals surface area contributed by atoms with Crippen LogP contribution in [0.2, 0.25) is 5.02 Å². The molecule has 0 radical (unpaired) electrons. The van der Waals surface area contributed by atoms with Crippen LogP contribution >= 0.6 is 22.9 Å². The van der Waals surface area contributed by atoms with E-state index in [9.17, 15) is 17.6 Å². The number of benzene rings is 2. The third kappa shape index (κ3) is 4.82. The summed E-state index contributed by atoms with van der Waals surface area (Å²) in [5.74, 6) is -0.929. The summed E-state index contributed by atoms with van der Waals surface area (Å²) in [7, 11) is -3.77. The van der Waals surface area contributed by atoms with Crippen molar-refractivity contribution in [3.05, 3.63) is 76.0 Å². The van der Waals surface area contributed by atoms with Crippen molar-refractivity contribution in [1.82, 2.24) is 10.3 Å². The lowest BCUT2D eigenvalue weighted by Gasteiger charge is -2.08. The van der Waals surface area contributed by atoms with Gasteiger partial charge in [0.2, 0.25) is 0 Å². The molecule has 2 aromatic carbocycles. The third-order valence-corrected chi connectivity index (χ3v) is 5.98. The summed E-state index contributed by atoms with van der Waals surface area (Å²) in [6.07, 6.45) is 1.49. The summed E-state index contributed by atoms with van der Waals surface area (Å²) >= 11 is 6.86. The van der Waals surface area contributed by atoms with Gasteiger partial charge in [0.25, 0.3) is 15.9 Å². The van der Waals surface area contributed by atoms with Crippen LogP contribution in [0.3, 0.4) is 0 Å². The SMILES string of the molecule is O=C(NCc1ccc(F)c(Cl)c1)c1ccc(S(=O)(=O)Nc2nccs2)cc1. The fourth-order valence-electron chi connectivity index (χ4n) is 2.17. The highest BCUT2D eigenvalue weighted by Gasteiger charge is 2.16. The zero-order valence-electron chi connectivity index (χ0n) is 13.6. The summed E-state index contributed by atoms with van der Waals surface area (Å²) in [5, 5.41) is 4.55. The Balaban J connectivity index is 1.65. The highest BCUT2D eigenvalue weighted by atomic mass is 35.5. The van der Waals surface area contributed by atoms with Crippen LogP contribution in [0.1, 0.15) is 15.9 Å². The first kappa shape index (κ1) is 19.3. The third-order valence-electron chi connectivity index (χ3n) is 3.52. The van der Waals surface area contributed by atoms with Gasteiger partial charge in [-0.3, -0.25) is 9.52 Å². The summed E-state index contributed by atoms with van der Waals surface area (Å²) in [6, 6.07) is 9.64. The molecule has 3 aromatic rings. The number of aromatic nitrogens is 1. The highest BCUT2D eigenvalue weighted by Crippen LogP contribution is 2.19. The Morgan fingerprint density at radius 3 is 2.56 bits per heavy atom. The quantitative estimate of drug-likeness (QED) is 0.630. The molecule has 0 aliphatic rings. The normalized spacial score (nSPS) is 11.2. The zero-order valence-corrected chi connectivity index (χ0v) is 16.0. The van der Waals surface area contributed by atoms with Gasteiger partial charge in [0.1, 0.15) is 5.82 Å². The first-order valence-electron chi connectivity index (χ1n) is 7.60. The number of carbonyl (C=O) groups excluding carboxylic acids is 1. The van der Waals surface area contributed by atoms with E-state index in [1.807, 2.05) is 0 Å². The predicted molar refractivity (Wildman–Crippen MR) is 102 cm³/mol. The van der Waals surface area contributed by atoms with E-state index in [1.165, 1.54) is 48.7 Å². The maximum Gasteiger partial charge on any atom is 0.263 e. The number of carbonyl (C=O) groups is 1. The number of thiazole rings is 1. The molecule has 0 spiro atoms. The van der Waals surface area contributed by atoms with Gasteiger partial charge in [-0.15, -0.1) is 11.3 Å². The Morgan fingerprint density at radius 2 is 1.93 bits per heavy atom. The van der Waals surface area contributed by atoms with Crippen molar-refractivity contribution in [2.75, 3.05) is 4.72 Å². The van der Waals surface area contributed by atoms with Crippen LogP contribution in [0.4, 0.5) is 9.52 Å². The Labute approximate surface area is 164 Å². The average molecular weight is 426 g/mol. The van der Waals surface area contributed by atoms with Crippen molar-refractivity contribution in [1.29, 1.82) is 0 Å². The lowest BCUT2D eigenvalue weighted by molar-refractivity contribution is 0.0951. The number of hydrogen-bond donors (Lipinski definition) is 2. The number of halogens is 2.